The van der Waals surface area contributed by atoms with Crippen molar-refractivity contribution in [3.05, 3.63) is 11.8 Å². The highest BCUT2D eigenvalue weighted by molar-refractivity contribution is 5.82. The molecule has 0 aromatic rings. The monoisotopic (exact) mass is 199 g/mol. The topological polar surface area (TPSA) is 52.3 Å². The van der Waals surface area contributed by atoms with Crippen LogP contribution in [0.15, 0.2) is 11.8 Å². The normalized spacial score (nSPS) is 11.4. The van der Waals surface area contributed by atoms with Crippen LogP contribution in [0.4, 0.5) is 0 Å². The van der Waals surface area contributed by atoms with Gasteiger partial charge < -0.3 is 10.5 Å². The Morgan fingerprint density at radius 1 is 1.29 bits per heavy atom. The highest BCUT2D eigenvalue weighted by atomic mass is 16.5. The van der Waals surface area contributed by atoms with Gasteiger partial charge in [0.25, 0.3) is 0 Å². The van der Waals surface area contributed by atoms with E-state index in [0.29, 0.717) is 12.3 Å². The molecule has 14 heavy (non-hydrogen) atoms. The Hall–Kier alpha value is -0.990. The van der Waals surface area contributed by atoms with Crippen molar-refractivity contribution in [2.45, 2.75) is 46.0 Å². The largest absolute Gasteiger partial charge is 0.463 e. The van der Waals surface area contributed by atoms with E-state index in [1.54, 1.807) is 6.92 Å². The van der Waals surface area contributed by atoms with Gasteiger partial charge in [-0.1, -0.05) is 26.2 Å². The molecule has 0 radical (unpaired) electrons. The second kappa shape index (κ2) is 8.60. The number of nitrogens with two attached hydrogens (primary N) is 1. The van der Waals surface area contributed by atoms with Crippen LogP contribution in [-0.4, -0.2) is 12.6 Å². The summed E-state index contributed by atoms with van der Waals surface area (Å²) in [6, 6.07) is 0. The number of esters is 1. The summed E-state index contributed by atoms with van der Waals surface area (Å²) < 4.78 is 4.74. The Kier molecular flexibility index (Phi) is 7.99. The molecule has 82 valence electrons. The van der Waals surface area contributed by atoms with Crippen LogP contribution in [0.2, 0.25) is 0 Å². The number of ether oxygens (including phenoxy) is 1. The third-order valence-corrected chi connectivity index (χ3v) is 1.91. The number of carbonyl (C=O) groups is 1. The van der Waals surface area contributed by atoms with E-state index in [9.17, 15) is 4.79 Å². The fourth-order valence-electron chi connectivity index (χ4n) is 1.16. The maximum atomic E-state index is 11.0. The smallest absolute Gasteiger partial charge is 0.332 e. The lowest BCUT2D eigenvalue weighted by molar-refractivity contribution is -0.137. The number of hydrogen-bond donors (Lipinski definition) is 1. The Labute approximate surface area is 86.3 Å². The summed E-state index contributed by atoms with van der Waals surface area (Å²) in [7, 11) is 0. The van der Waals surface area contributed by atoms with E-state index >= 15 is 0 Å². The molecule has 0 aliphatic carbocycles. The molecule has 0 fully saturated rings. The van der Waals surface area contributed by atoms with Crippen molar-refractivity contribution < 1.29 is 9.53 Å². The molecule has 0 spiro atoms. The fourth-order valence-corrected chi connectivity index (χ4v) is 1.16. The molecular formula is C11H21NO2. The van der Waals surface area contributed by atoms with Crippen molar-refractivity contribution in [2.75, 3.05) is 6.61 Å². The molecule has 0 saturated carbocycles. The van der Waals surface area contributed by atoms with Crippen molar-refractivity contribution in [1.29, 1.82) is 0 Å². The van der Waals surface area contributed by atoms with E-state index in [0.717, 1.165) is 12.8 Å². The zero-order valence-electron chi connectivity index (χ0n) is 9.21. The van der Waals surface area contributed by atoms with Crippen molar-refractivity contribution >= 4 is 5.97 Å². The van der Waals surface area contributed by atoms with Gasteiger partial charge in [0, 0.05) is 11.8 Å². The van der Waals surface area contributed by atoms with Crippen LogP contribution in [0.25, 0.3) is 0 Å². The zero-order valence-corrected chi connectivity index (χ0v) is 9.21. The fraction of sp³-hybridized carbons (Fsp3) is 0.727. The average Bonchev–Trinajstić information content (AvgIpc) is 2.13. The van der Waals surface area contributed by atoms with Crippen molar-refractivity contribution in [3.63, 3.8) is 0 Å². The van der Waals surface area contributed by atoms with E-state index in [4.69, 9.17) is 10.5 Å². The van der Waals surface area contributed by atoms with Gasteiger partial charge in [-0.15, -0.1) is 0 Å². The SMILES string of the molecule is CCCCCC/C(N)=C/C(=O)OCC. The lowest BCUT2D eigenvalue weighted by Gasteiger charge is -2.01. The first-order valence-corrected chi connectivity index (χ1v) is 5.33. The van der Waals surface area contributed by atoms with E-state index in [2.05, 4.69) is 6.92 Å². The van der Waals surface area contributed by atoms with Crippen LogP contribution in [0.1, 0.15) is 46.0 Å². The Morgan fingerprint density at radius 2 is 2.00 bits per heavy atom. The third-order valence-electron chi connectivity index (χ3n) is 1.91. The van der Waals surface area contributed by atoms with E-state index in [1.165, 1.54) is 25.3 Å². The molecule has 3 nitrogen and oxygen atoms in total. The van der Waals surface area contributed by atoms with E-state index in [1.807, 2.05) is 0 Å². The second-order valence-electron chi connectivity index (χ2n) is 3.28. The minimum Gasteiger partial charge on any atom is -0.463 e. The molecule has 0 amide bonds. The predicted octanol–water partition coefficient (Wildman–Crippen LogP) is 2.36. The maximum absolute atomic E-state index is 11.0. The van der Waals surface area contributed by atoms with Gasteiger partial charge in [0.15, 0.2) is 0 Å². The minimum absolute atomic E-state index is 0.333. The standard InChI is InChI=1S/C11H21NO2/c1-3-5-6-7-8-10(12)9-11(13)14-4-2/h9H,3-8,12H2,1-2H3/b10-9-. The summed E-state index contributed by atoms with van der Waals surface area (Å²) in [4.78, 5) is 11.0. The first kappa shape index (κ1) is 13.0. The molecule has 0 bridgehead atoms. The van der Waals surface area contributed by atoms with Crippen LogP contribution >= 0.6 is 0 Å². The molecular weight excluding hydrogens is 178 g/mol. The number of carbonyl (C=O) groups excluding carboxylic acids is 1. The van der Waals surface area contributed by atoms with E-state index in [-0.39, 0.29) is 5.97 Å². The molecule has 0 unspecified atom stereocenters. The molecule has 0 atom stereocenters. The molecule has 3 heteroatoms. The lowest BCUT2D eigenvalue weighted by Crippen LogP contribution is -2.05. The van der Waals surface area contributed by atoms with Crippen molar-refractivity contribution in [1.82, 2.24) is 0 Å². The van der Waals surface area contributed by atoms with Crippen molar-refractivity contribution in [2.24, 2.45) is 5.73 Å². The average molecular weight is 199 g/mol. The highest BCUT2D eigenvalue weighted by Crippen LogP contribution is 2.06. The molecule has 0 aromatic heterocycles. The molecule has 0 aromatic carbocycles. The summed E-state index contributed by atoms with van der Waals surface area (Å²) >= 11 is 0. The predicted molar refractivity (Wildman–Crippen MR) is 57.7 cm³/mol. The third kappa shape index (κ3) is 7.65. The number of unbranched alkanes of at least 4 members (excludes halogenated alkanes) is 3. The molecule has 0 aliphatic rings. The number of rotatable bonds is 7. The molecule has 2 N–H and O–H groups in total. The maximum Gasteiger partial charge on any atom is 0.332 e. The molecule has 0 saturated heterocycles. The number of hydrogen-bond acceptors (Lipinski definition) is 3. The van der Waals surface area contributed by atoms with Crippen LogP contribution in [0.5, 0.6) is 0 Å². The van der Waals surface area contributed by atoms with Crippen LogP contribution < -0.4 is 5.73 Å². The second-order valence-corrected chi connectivity index (χ2v) is 3.28. The summed E-state index contributed by atoms with van der Waals surface area (Å²) in [6.45, 7) is 4.35. The van der Waals surface area contributed by atoms with Gasteiger partial charge in [0.2, 0.25) is 0 Å². The van der Waals surface area contributed by atoms with Gasteiger partial charge in [0.05, 0.1) is 6.61 Å². The van der Waals surface area contributed by atoms with Crippen molar-refractivity contribution in [3.8, 4) is 0 Å². The lowest BCUT2D eigenvalue weighted by atomic mass is 10.1. The van der Waals surface area contributed by atoms with Gasteiger partial charge >= 0.3 is 5.97 Å². The molecule has 0 heterocycles. The Balaban J connectivity index is 3.60. The summed E-state index contributed by atoms with van der Waals surface area (Å²) in [5.41, 5.74) is 6.27. The zero-order chi connectivity index (χ0) is 10.8. The number of allylic oxidation sites excluding steroid dienone is 1. The van der Waals surface area contributed by atoms with Gasteiger partial charge in [-0.05, 0) is 19.8 Å². The van der Waals surface area contributed by atoms with Gasteiger partial charge in [-0.25, -0.2) is 4.79 Å². The van der Waals surface area contributed by atoms with Crippen LogP contribution in [0, 0.1) is 0 Å². The van der Waals surface area contributed by atoms with Gasteiger partial charge in [-0.2, -0.15) is 0 Å². The molecule has 0 aliphatic heterocycles. The Bertz CT molecular complexity index is 188. The summed E-state index contributed by atoms with van der Waals surface area (Å²) in [5.74, 6) is -0.333. The van der Waals surface area contributed by atoms with Gasteiger partial charge in [0.1, 0.15) is 0 Å². The summed E-state index contributed by atoms with van der Waals surface area (Å²) in [5, 5.41) is 0. The Morgan fingerprint density at radius 3 is 2.57 bits per heavy atom. The minimum atomic E-state index is -0.333. The first-order chi connectivity index (χ1) is 6.70. The van der Waals surface area contributed by atoms with Crippen LogP contribution in [0.3, 0.4) is 0 Å². The molecule has 0 rings (SSSR count). The summed E-state index contributed by atoms with van der Waals surface area (Å²) in [6.07, 6.45) is 6.84. The van der Waals surface area contributed by atoms with Gasteiger partial charge in [-0.3, -0.25) is 0 Å². The quantitative estimate of drug-likeness (QED) is 0.389. The first-order valence-electron chi connectivity index (χ1n) is 5.33. The highest BCUT2D eigenvalue weighted by Gasteiger charge is 1.98. The van der Waals surface area contributed by atoms with Crippen LogP contribution in [-0.2, 0) is 9.53 Å². The van der Waals surface area contributed by atoms with E-state index < -0.39 is 0 Å².